The van der Waals surface area contributed by atoms with Crippen LogP contribution >= 0.6 is 0 Å². The quantitative estimate of drug-likeness (QED) is 0.578. The average molecular weight is 394 g/mol. The molecule has 0 saturated carbocycles. The number of aliphatic hydroxyl groups is 1. The first-order valence-electron chi connectivity index (χ1n) is 9.08. The molecule has 4 N–H and O–H groups in total. The molecule has 0 radical (unpaired) electrons. The summed E-state index contributed by atoms with van der Waals surface area (Å²) in [5.41, 5.74) is 6.57. The molecule has 8 heteroatoms. The summed E-state index contributed by atoms with van der Waals surface area (Å²) >= 11 is 0. The van der Waals surface area contributed by atoms with Crippen LogP contribution in [-0.2, 0) is 6.54 Å². The van der Waals surface area contributed by atoms with Crippen molar-refractivity contribution in [1.82, 2.24) is 9.55 Å². The Labute approximate surface area is 166 Å². The number of hydrogen-bond donors (Lipinski definition) is 3. The molecular weight excluding hydrogens is 372 g/mol. The van der Waals surface area contributed by atoms with E-state index in [1.165, 1.54) is 4.57 Å². The predicted octanol–water partition coefficient (Wildman–Crippen LogP) is 1.11. The number of carbonyl (C=O) groups excluding carboxylic acids is 1. The number of aliphatic hydroxyl groups excluding tert-OH is 1. The Hall–Kier alpha value is -3.65. The number of aryl methyl sites for hydroxylation is 1. The molecule has 0 atom stereocenters. The maximum atomic E-state index is 13.1. The highest BCUT2D eigenvalue weighted by atomic mass is 16.3. The lowest BCUT2D eigenvalue weighted by Gasteiger charge is -2.24. The summed E-state index contributed by atoms with van der Waals surface area (Å²) in [6.45, 7) is 1.44. The Morgan fingerprint density at radius 2 is 1.86 bits per heavy atom. The van der Waals surface area contributed by atoms with Crippen LogP contribution in [0.25, 0.3) is 0 Å². The number of anilines is 2. The van der Waals surface area contributed by atoms with Crippen molar-refractivity contribution in [2.24, 2.45) is 0 Å². The number of aromatic nitrogens is 2. The van der Waals surface area contributed by atoms with Crippen LogP contribution < -0.4 is 21.9 Å². The zero-order chi connectivity index (χ0) is 21.0. The van der Waals surface area contributed by atoms with E-state index in [-0.39, 0.29) is 31.2 Å². The third-order valence-corrected chi connectivity index (χ3v) is 4.50. The lowest BCUT2D eigenvalue weighted by Crippen LogP contribution is -2.42. The molecule has 0 aliphatic rings. The maximum absolute atomic E-state index is 13.1. The number of hydrogen-bond acceptors (Lipinski definition) is 5. The number of nitrogens with zero attached hydrogens (tertiary/aromatic N) is 2. The highest BCUT2D eigenvalue weighted by Gasteiger charge is 2.25. The lowest BCUT2D eigenvalue weighted by atomic mass is 10.1. The van der Waals surface area contributed by atoms with Gasteiger partial charge in [0.15, 0.2) is 5.69 Å². The van der Waals surface area contributed by atoms with Crippen molar-refractivity contribution in [3.63, 3.8) is 0 Å². The second-order valence-electron chi connectivity index (χ2n) is 6.61. The van der Waals surface area contributed by atoms with Gasteiger partial charge in [0.2, 0.25) is 0 Å². The number of nitrogens with one attached hydrogen (secondary N) is 1. The van der Waals surface area contributed by atoms with Gasteiger partial charge in [-0.2, -0.15) is 0 Å². The van der Waals surface area contributed by atoms with E-state index in [9.17, 15) is 19.5 Å². The third-order valence-electron chi connectivity index (χ3n) is 4.50. The minimum Gasteiger partial charge on any atom is -0.395 e. The molecule has 8 nitrogen and oxygen atoms in total. The van der Waals surface area contributed by atoms with Crippen molar-refractivity contribution in [3.05, 3.63) is 92.1 Å². The van der Waals surface area contributed by atoms with Crippen molar-refractivity contribution < 1.29 is 9.90 Å². The summed E-state index contributed by atoms with van der Waals surface area (Å²) in [5.74, 6) is -0.637. The number of nitrogens with two attached hydrogens (primary N) is 1. The largest absolute Gasteiger partial charge is 0.395 e. The molecule has 1 heterocycles. The van der Waals surface area contributed by atoms with Crippen molar-refractivity contribution in [2.45, 2.75) is 13.5 Å². The van der Waals surface area contributed by atoms with E-state index in [1.54, 1.807) is 18.2 Å². The van der Waals surface area contributed by atoms with Crippen LogP contribution in [0.2, 0.25) is 0 Å². The number of amides is 1. The topological polar surface area (TPSA) is 121 Å². The number of aromatic amines is 1. The molecule has 2 aromatic carbocycles. The Balaban J connectivity index is 2.11. The fourth-order valence-electron chi connectivity index (χ4n) is 3.11. The molecule has 3 aromatic rings. The van der Waals surface area contributed by atoms with Crippen LogP contribution in [0.5, 0.6) is 0 Å². The zero-order valence-electron chi connectivity index (χ0n) is 16.0. The Morgan fingerprint density at radius 3 is 2.52 bits per heavy atom. The number of carbonyl (C=O) groups is 1. The lowest BCUT2D eigenvalue weighted by molar-refractivity contribution is 0.0980. The number of H-pyrrole nitrogens is 1. The summed E-state index contributed by atoms with van der Waals surface area (Å²) < 4.78 is 1.19. The highest BCUT2D eigenvalue weighted by molar-refractivity contribution is 6.07. The van der Waals surface area contributed by atoms with Gasteiger partial charge in [-0.3, -0.25) is 24.0 Å². The van der Waals surface area contributed by atoms with Crippen LogP contribution in [0.15, 0.2) is 64.2 Å². The fraction of sp³-hybridized carbons (Fsp3) is 0.190. The van der Waals surface area contributed by atoms with Crippen LogP contribution in [-0.4, -0.2) is 33.7 Å². The van der Waals surface area contributed by atoms with Gasteiger partial charge >= 0.3 is 5.69 Å². The van der Waals surface area contributed by atoms with Gasteiger partial charge in [0.1, 0.15) is 5.82 Å². The van der Waals surface area contributed by atoms with Gasteiger partial charge in [-0.05, 0) is 24.6 Å². The molecule has 3 rings (SSSR count). The third kappa shape index (κ3) is 4.27. The van der Waals surface area contributed by atoms with E-state index >= 15 is 0 Å². The predicted molar refractivity (Wildman–Crippen MR) is 111 cm³/mol. The minimum absolute atomic E-state index is 0.126. The summed E-state index contributed by atoms with van der Waals surface area (Å²) in [6, 6.07) is 16.0. The van der Waals surface area contributed by atoms with Gasteiger partial charge in [0.05, 0.1) is 13.2 Å². The van der Waals surface area contributed by atoms with E-state index in [0.717, 1.165) is 16.0 Å². The van der Waals surface area contributed by atoms with Crippen LogP contribution in [0.4, 0.5) is 11.5 Å². The van der Waals surface area contributed by atoms with Gasteiger partial charge in [0, 0.05) is 12.1 Å². The first-order chi connectivity index (χ1) is 13.9. The summed E-state index contributed by atoms with van der Waals surface area (Å²) in [5, 5.41) is 9.47. The Bertz CT molecular complexity index is 1140. The molecule has 0 unspecified atom stereocenters. The van der Waals surface area contributed by atoms with E-state index in [4.69, 9.17) is 5.73 Å². The van der Waals surface area contributed by atoms with Gasteiger partial charge in [-0.1, -0.05) is 48.0 Å². The van der Waals surface area contributed by atoms with Gasteiger partial charge in [-0.25, -0.2) is 4.79 Å². The van der Waals surface area contributed by atoms with Crippen LogP contribution in [0.1, 0.15) is 21.5 Å². The molecule has 1 aromatic heterocycles. The normalized spacial score (nSPS) is 10.7. The number of nitrogen functional groups attached to an aromatic ring is 1. The SMILES string of the molecule is Cc1cccc(C(=O)N(CCO)c2c(N)n(Cc3ccccc3)c(=O)[nH]c2=O)c1. The molecule has 0 spiro atoms. The van der Waals surface area contributed by atoms with Crippen molar-refractivity contribution in [1.29, 1.82) is 0 Å². The summed E-state index contributed by atoms with van der Waals surface area (Å²) in [6.07, 6.45) is 0. The summed E-state index contributed by atoms with van der Waals surface area (Å²) in [4.78, 5) is 41.3. The van der Waals surface area contributed by atoms with E-state index in [2.05, 4.69) is 4.98 Å². The van der Waals surface area contributed by atoms with Gasteiger partial charge in [-0.15, -0.1) is 0 Å². The Morgan fingerprint density at radius 1 is 1.14 bits per heavy atom. The molecule has 0 saturated heterocycles. The fourth-order valence-corrected chi connectivity index (χ4v) is 3.11. The standard InChI is InChI=1S/C21H22N4O4/c1-14-6-5-9-16(12-14)20(28)24(10-11-26)17-18(22)25(21(29)23-19(17)27)13-15-7-3-2-4-8-15/h2-9,12,26H,10-11,13,22H2,1H3,(H,23,27,29). The smallest absolute Gasteiger partial charge is 0.330 e. The second-order valence-corrected chi connectivity index (χ2v) is 6.61. The number of rotatable bonds is 6. The number of benzene rings is 2. The average Bonchev–Trinajstić information content (AvgIpc) is 2.70. The van der Waals surface area contributed by atoms with Crippen molar-refractivity contribution in [3.8, 4) is 0 Å². The van der Waals surface area contributed by atoms with Crippen LogP contribution in [0, 0.1) is 6.92 Å². The Kier molecular flexibility index (Phi) is 5.94. The first kappa shape index (κ1) is 20.1. The molecular formula is C21H22N4O4. The molecule has 0 fully saturated rings. The molecule has 0 aliphatic carbocycles. The minimum atomic E-state index is -0.786. The summed E-state index contributed by atoms with van der Waals surface area (Å²) in [7, 11) is 0. The van der Waals surface area contributed by atoms with Gasteiger partial charge in [0.25, 0.3) is 11.5 Å². The molecule has 0 aliphatic heterocycles. The van der Waals surface area contributed by atoms with Crippen molar-refractivity contribution >= 4 is 17.4 Å². The molecule has 150 valence electrons. The highest BCUT2D eigenvalue weighted by Crippen LogP contribution is 2.20. The molecule has 29 heavy (non-hydrogen) atoms. The first-order valence-corrected chi connectivity index (χ1v) is 9.08. The van der Waals surface area contributed by atoms with E-state index in [1.807, 2.05) is 43.3 Å². The van der Waals surface area contributed by atoms with Gasteiger partial charge < -0.3 is 10.8 Å². The second kappa shape index (κ2) is 8.57. The van der Waals surface area contributed by atoms with E-state index in [0.29, 0.717) is 5.56 Å². The van der Waals surface area contributed by atoms with Crippen LogP contribution in [0.3, 0.4) is 0 Å². The maximum Gasteiger partial charge on any atom is 0.330 e. The van der Waals surface area contributed by atoms with E-state index < -0.39 is 17.2 Å². The van der Waals surface area contributed by atoms with Crippen molar-refractivity contribution in [2.75, 3.05) is 23.8 Å². The molecule has 0 bridgehead atoms. The molecule has 1 amide bonds. The zero-order valence-corrected chi connectivity index (χ0v) is 16.0. The monoisotopic (exact) mass is 394 g/mol.